The number of nitro groups is 1. The van der Waals surface area contributed by atoms with E-state index >= 15 is 0 Å². The molecule has 2 rings (SSSR count). The lowest BCUT2D eigenvalue weighted by Crippen LogP contribution is -2.42. The maximum atomic E-state index is 12.2. The minimum Gasteiger partial charge on any atom is -0.352 e. The van der Waals surface area contributed by atoms with Crippen LogP contribution in [0, 0.1) is 10.1 Å². The molecular formula is C14H18ClN3O5S. The van der Waals surface area contributed by atoms with Gasteiger partial charge in [0.05, 0.1) is 16.4 Å². The van der Waals surface area contributed by atoms with Crippen LogP contribution in [0.3, 0.4) is 0 Å². The summed E-state index contributed by atoms with van der Waals surface area (Å²) in [5, 5.41) is 13.5. The molecule has 1 fully saturated rings. The molecule has 10 heteroatoms. The molecule has 0 aromatic heterocycles. The Bertz CT molecular complexity index is 732. The predicted octanol–water partition coefficient (Wildman–Crippen LogP) is 1.98. The maximum absolute atomic E-state index is 12.2. The number of hydrogen-bond donors (Lipinski definition) is 2. The molecule has 0 unspecified atom stereocenters. The third-order valence-corrected chi connectivity index (χ3v) is 5.54. The highest BCUT2D eigenvalue weighted by atomic mass is 35.5. The van der Waals surface area contributed by atoms with Gasteiger partial charge in [-0.25, -0.2) is 13.1 Å². The third kappa shape index (κ3) is 4.89. The van der Waals surface area contributed by atoms with Crippen molar-refractivity contribution >= 4 is 33.2 Å². The van der Waals surface area contributed by atoms with Gasteiger partial charge in [0.25, 0.3) is 5.69 Å². The number of carbonyl (C=O) groups is 1. The molecular weight excluding hydrogens is 358 g/mol. The third-order valence-electron chi connectivity index (χ3n) is 3.82. The zero-order chi connectivity index (χ0) is 17.7. The quantitative estimate of drug-likeness (QED) is 0.582. The monoisotopic (exact) mass is 375 g/mol. The lowest BCUT2D eigenvalue weighted by atomic mass is 9.95. The lowest BCUT2D eigenvalue weighted by molar-refractivity contribution is -0.384. The Morgan fingerprint density at radius 2 is 1.96 bits per heavy atom. The van der Waals surface area contributed by atoms with Crippen molar-refractivity contribution in [3.63, 3.8) is 0 Å². The van der Waals surface area contributed by atoms with Crippen molar-refractivity contribution in [1.29, 1.82) is 0 Å². The van der Waals surface area contributed by atoms with Gasteiger partial charge in [-0.2, -0.15) is 0 Å². The van der Waals surface area contributed by atoms with Crippen molar-refractivity contribution in [2.75, 3.05) is 6.54 Å². The van der Waals surface area contributed by atoms with Crippen LogP contribution in [0.1, 0.15) is 32.1 Å². The Hall–Kier alpha value is -1.71. The predicted molar refractivity (Wildman–Crippen MR) is 88.3 cm³/mol. The molecule has 8 nitrogen and oxygen atoms in total. The van der Waals surface area contributed by atoms with Crippen LogP contribution in [0.5, 0.6) is 0 Å². The average Bonchev–Trinajstić information content (AvgIpc) is 2.54. The highest BCUT2D eigenvalue weighted by molar-refractivity contribution is 7.89. The Morgan fingerprint density at radius 3 is 2.58 bits per heavy atom. The largest absolute Gasteiger partial charge is 0.352 e. The first-order chi connectivity index (χ1) is 11.3. The second-order valence-corrected chi connectivity index (χ2v) is 7.77. The number of benzene rings is 1. The van der Waals surface area contributed by atoms with E-state index in [2.05, 4.69) is 10.0 Å². The van der Waals surface area contributed by atoms with Gasteiger partial charge in [0.1, 0.15) is 5.02 Å². The number of halogens is 1. The van der Waals surface area contributed by atoms with Crippen molar-refractivity contribution in [1.82, 2.24) is 10.0 Å². The fraction of sp³-hybridized carbons (Fsp3) is 0.500. The highest BCUT2D eigenvalue weighted by Crippen LogP contribution is 2.26. The first kappa shape index (κ1) is 18.6. The van der Waals surface area contributed by atoms with Gasteiger partial charge in [0.15, 0.2) is 0 Å². The van der Waals surface area contributed by atoms with E-state index in [9.17, 15) is 23.3 Å². The van der Waals surface area contributed by atoms with Crippen LogP contribution in [0.15, 0.2) is 23.1 Å². The molecule has 2 N–H and O–H groups in total. The summed E-state index contributed by atoms with van der Waals surface area (Å²) in [5.74, 6) is -0.422. The van der Waals surface area contributed by atoms with Gasteiger partial charge in [-0.15, -0.1) is 0 Å². The zero-order valence-electron chi connectivity index (χ0n) is 12.8. The van der Waals surface area contributed by atoms with Crippen LogP contribution in [0.2, 0.25) is 5.02 Å². The molecule has 1 aromatic rings. The highest BCUT2D eigenvalue weighted by Gasteiger charge is 2.22. The van der Waals surface area contributed by atoms with Crippen LogP contribution in [-0.4, -0.2) is 31.8 Å². The Balaban J connectivity index is 1.99. The second kappa shape index (κ2) is 7.91. The molecule has 0 heterocycles. The summed E-state index contributed by atoms with van der Waals surface area (Å²) in [6, 6.07) is 3.23. The van der Waals surface area contributed by atoms with Crippen LogP contribution < -0.4 is 10.0 Å². The number of nitrogens with one attached hydrogen (secondary N) is 2. The van der Waals surface area contributed by atoms with Gasteiger partial charge in [-0.1, -0.05) is 30.9 Å². The molecule has 1 aliphatic rings. The van der Waals surface area contributed by atoms with E-state index in [4.69, 9.17) is 11.6 Å². The van der Waals surface area contributed by atoms with Gasteiger partial charge < -0.3 is 5.32 Å². The molecule has 1 aromatic carbocycles. The molecule has 1 amide bonds. The Morgan fingerprint density at radius 1 is 1.29 bits per heavy atom. The molecule has 0 aliphatic heterocycles. The average molecular weight is 376 g/mol. The van der Waals surface area contributed by atoms with Crippen molar-refractivity contribution in [2.24, 2.45) is 0 Å². The summed E-state index contributed by atoms with van der Waals surface area (Å²) >= 11 is 5.66. The molecule has 0 radical (unpaired) electrons. The summed E-state index contributed by atoms with van der Waals surface area (Å²) < 4.78 is 26.5. The van der Waals surface area contributed by atoms with E-state index in [0.29, 0.717) is 0 Å². The van der Waals surface area contributed by atoms with E-state index in [-0.39, 0.29) is 16.0 Å². The van der Waals surface area contributed by atoms with Crippen molar-refractivity contribution < 1.29 is 18.1 Å². The fourth-order valence-corrected chi connectivity index (χ4v) is 3.76. The number of nitrogens with zero attached hydrogens (tertiary/aromatic N) is 1. The summed E-state index contributed by atoms with van der Waals surface area (Å²) in [5.41, 5.74) is -0.508. The summed E-state index contributed by atoms with van der Waals surface area (Å²) in [6.07, 6.45) is 5.02. The molecule has 0 bridgehead atoms. The number of rotatable bonds is 6. The summed E-state index contributed by atoms with van der Waals surface area (Å²) in [4.78, 5) is 21.6. The number of amides is 1. The number of sulfonamides is 1. The lowest BCUT2D eigenvalue weighted by Gasteiger charge is -2.22. The van der Waals surface area contributed by atoms with Crippen molar-refractivity contribution in [3.05, 3.63) is 33.3 Å². The number of hydrogen-bond acceptors (Lipinski definition) is 5. The van der Waals surface area contributed by atoms with Gasteiger partial charge in [0, 0.05) is 12.1 Å². The fourth-order valence-electron chi connectivity index (χ4n) is 2.57. The van der Waals surface area contributed by atoms with Crippen LogP contribution in [-0.2, 0) is 14.8 Å². The van der Waals surface area contributed by atoms with Gasteiger partial charge in [-0.05, 0) is 25.0 Å². The molecule has 24 heavy (non-hydrogen) atoms. The summed E-state index contributed by atoms with van der Waals surface area (Å²) in [6.45, 7) is -0.421. The molecule has 0 spiro atoms. The number of nitro benzene ring substituents is 1. The molecule has 1 aliphatic carbocycles. The van der Waals surface area contributed by atoms with E-state index < -0.39 is 33.1 Å². The van der Waals surface area contributed by atoms with E-state index in [1.165, 1.54) is 0 Å². The van der Waals surface area contributed by atoms with Gasteiger partial charge in [0.2, 0.25) is 15.9 Å². The van der Waals surface area contributed by atoms with Crippen LogP contribution >= 0.6 is 11.6 Å². The zero-order valence-corrected chi connectivity index (χ0v) is 14.4. The van der Waals surface area contributed by atoms with E-state index in [1.807, 2.05) is 0 Å². The molecule has 0 atom stereocenters. The van der Waals surface area contributed by atoms with Crippen molar-refractivity contribution in [2.45, 2.75) is 43.0 Å². The molecule has 1 saturated carbocycles. The second-order valence-electron chi connectivity index (χ2n) is 5.60. The van der Waals surface area contributed by atoms with Gasteiger partial charge in [-0.3, -0.25) is 14.9 Å². The smallest absolute Gasteiger partial charge is 0.289 e. The standard InChI is InChI=1S/C14H18ClN3O5S/c15-12-7-6-11(8-13(12)18(20)21)24(22,23)16-9-14(19)17-10-4-2-1-3-5-10/h6-8,10,16H,1-5,9H2,(H,17,19). The van der Waals surface area contributed by atoms with Gasteiger partial charge >= 0.3 is 0 Å². The summed E-state index contributed by atoms with van der Waals surface area (Å²) in [7, 11) is -4.04. The molecule has 0 saturated heterocycles. The SMILES string of the molecule is O=C(CNS(=O)(=O)c1ccc(Cl)c([N+](=O)[O-])c1)NC1CCCCC1. The number of carbonyl (C=O) groups excluding carboxylic acids is 1. The van der Waals surface area contributed by atoms with Crippen LogP contribution in [0.25, 0.3) is 0 Å². The first-order valence-electron chi connectivity index (χ1n) is 7.52. The van der Waals surface area contributed by atoms with Crippen LogP contribution in [0.4, 0.5) is 5.69 Å². The molecule has 132 valence electrons. The Kier molecular flexibility index (Phi) is 6.14. The minimum atomic E-state index is -4.04. The Labute approximate surface area is 144 Å². The normalized spacial score (nSPS) is 15.9. The van der Waals surface area contributed by atoms with E-state index in [1.54, 1.807) is 0 Å². The topological polar surface area (TPSA) is 118 Å². The first-order valence-corrected chi connectivity index (χ1v) is 9.38. The van der Waals surface area contributed by atoms with Crippen molar-refractivity contribution in [3.8, 4) is 0 Å². The minimum absolute atomic E-state index is 0.0763. The van der Waals surface area contributed by atoms with E-state index in [0.717, 1.165) is 50.3 Å². The maximum Gasteiger partial charge on any atom is 0.289 e.